The van der Waals surface area contributed by atoms with Gasteiger partial charge in [0.05, 0.1) is 0 Å². The highest BCUT2D eigenvalue weighted by Crippen LogP contribution is 2.24. The van der Waals surface area contributed by atoms with Gasteiger partial charge in [-0.05, 0) is 48.1 Å². The van der Waals surface area contributed by atoms with E-state index in [4.69, 9.17) is 10.5 Å². The van der Waals surface area contributed by atoms with Crippen molar-refractivity contribution in [3.05, 3.63) is 48.0 Å². The Kier molecular flexibility index (Phi) is 3.70. The Morgan fingerprint density at radius 3 is 2.55 bits per heavy atom. The van der Waals surface area contributed by atoms with E-state index in [0.29, 0.717) is 0 Å². The van der Waals surface area contributed by atoms with Crippen LogP contribution >= 0.6 is 0 Å². The Balaban J connectivity index is 1.76. The number of fused-ring (bicyclic) bond motifs is 1. The van der Waals surface area contributed by atoms with E-state index in [1.165, 1.54) is 0 Å². The Morgan fingerprint density at radius 1 is 1.10 bits per heavy atom. The van der Waals surface area contributed by atoms with Crippen molar-refractivity contribution in [3.8, 4) is 0 Å². The minimum absolute atomic E-state index is 0.0639. The summed E-state index contributed by atoms with van der Waals surface area (Å²) in [5.74, 6) is -0.313. The SMILES string of the molecule is N[C@H](C(=O)OC1CCCC1)c1ccc2ccccc2c1. The van der Waals surface area contributed by atoms with E-state index in [1.807, 2.05) is 42.5 Å². The van der Waals surface area contributed by atoms with Crippen molar-refractivity contribution in [1.82, 2.24) is 0 Å². The summed E-state index contributed by atoms with van der Waals surface area (Å²) in [6, 6.07) is 13.2. The summed E-state index contributed by atoms with van der Waals surface area (Å²) in [7, 11) is 0. The summed E-state index contributed by atoms with van der Waals surface area (Å²) >= 11 is 0. The highest BCUT2D eigenvalue weighted by atomic mass is 16.5. The van der Waals surface area contributed by atoms with Gasteiger partial charge in [-0.3, -0.25) is 0 Å². The van der Waals surface area contributed by atoms with E-state index in [1.54, 1.807) is 0 Å². The molecule has 1 atom stereocenters. The number of benzene rings is 2. The van der Waals surface area contributed by atoms with Crippen molar-refractivity contribution >= 4 is 16.7 Å². The maximum atomic E-state index is 12.1. The first-order valence-corrected chi connectivity index (χ1v) is 7.19. The average molecular weight is 269 g/mol. The van der Waals surface area contributed by atoms with E-state index in [0.717, 1.165) is 42.0 Å². The van der Waals surface area contributed by atoms with Crippen LogP contribution in [-0.2, 0) is 9.53 Å². The van der Waals surface area contributed by atoms with Crippen LogP contribution in [0.5, 0.6) is 0 Å². The van der Waals surface area contributed by atoms with Gasteiger partial charge in [-0.15, -0.1) is 0 Å². The number of nitrogens with two attached hydrogens (primary N) is 1. The van der Waals surface area contributed by atoms with Gasteiger partial charge in [-0.25, -0.2) is 4.79 Å². The van der Waals surface area contributed by atoms with Crippen LogP contribution in [0.3, 0.4) is 0 Å². The van der Waals surface area contributed by atoms with Gasteiger partial charge in [0, 0.05) is 0 Å². The van der Waals surface area contributed by atoms with E-state index in [-0.39, 0.29) is 12.1 Å². The average Bonchev–Trinajstić information content (AvgIpc) is 2.99. The van der Waals surface area contributed by atoms with Gasteiger partial charge in [-0.2, -0.15) is 0 Å². The lowest BCUT2D eigenvalue weighted by Crippen LogP contribution is -2.27. The number of carbonyl (C=O) groups is 1. The van der Waals surface area contributed by atoms with E-state index in [2.05, 4.69) is 0 Å². The molecule has 2 aromatic rings. The van der Waals surface area contributed by atoms with Crippen molar-refractivity contribution in [1.29, 1.82) is 0 Å². The molecule has 0 amide bonds. The van der Waals surface area contributed by atoms with Gasteiger partial charge in [0.25, 0.3) is 0 Å². The molecule has 3 nitrogen and oxygen atoms in total. The summed E-state index contributed by atoms with van der Waals surface area (Å²) in [6.45, 7) is 0. The molecule has 1 aliphatic carbocycles. The lowest BCUT2D eigenvalue weighted by molar-refractivity contribution is -0.150. The first kappa shape index (κ1) is 13.1. The van der Waals surface area contributed by atoms with Gasteiger partial charge < -0.3 is 10.5 Å². The smallest absolute Gasteiger partial charge is 0.327 e. The summed E-state index contributed by atoms with van der Waals surface area (Å²) in [5.41, 5.74) is 6.84. The van der Waals surface area contributed by atoms with Crippen LogP contribution in [0.4, 0.5) is 0 Å². The molecule has 0 unspecified atom stereocenters. The number of rotatable bonds is 3. The van der Waals surface area contributed by atoms with Gasteiger partial charge in [0.15, 0.2) is 0 Å². The molecule has 104 valence electrons. The third-order valence-electron chi connectivity index (χ3n) is 3.97. The van der Waals surface area contributed by atoms with Crippen molar-refractivity contribution in [2.45, 2.75) is 37.8 Å². The second kappa shape index (κ2) is 5.63. The number of carbonyl (C=O) groups excluding carboxylic acids is 1. The number of ether oxygens (including phenoxy) is 1. The molecule has 2 aromatic carbocycles. The lowest BCUT2D eigenvalue weighted by Gasteiger charge is -2.16. The van der Waals surface area contributed by atoms with Gasteiger partial charge >= 0.3 is 5.97 Å². The molecule has 0 aliphatic heterocycles. The molecular weight excluding hydrogens is 250 g/mol. The second-order valence-electron chi connectivity index (χ2n) is 5.43. The summed E-state index contributed by atoms with van der Waals surface area (Å²) in [6.07, 6.45) is 4.28. The molecule has 2 N–H and O–H groups in total. The molecule has 0 bridgehead atoms. The molecule has 1 saturated carbocycles. The standard InChI is InChI=1S/C17H19NO2/c18-16(17(19)20-15-7-3-4-8-15)14-10-9-12-5-1-2-6-13(12)11-14/h1-2,5-6,9-11,15-16H,3-4,7-8,18H2/t16-/m0/s1. The van der Waals surface area contributed by atoms with E-state index < -0.39 is 6.04 Å². The lowest BCUT2D eigenvalue weighted by atomic mass is 10.0. The quantitative estimate of drug-likeness (QED) is 0.870. The number of hydrogen-bond acceptors (Lipinski definition) is 3. The van der Waals surface area contributed by atoms with Gasteiger partial charge in [0.2, 0.25) is 0 Å². The van der Waals surface area contributed by atoms with Crippen LogP contribution in [0.25, 0.3) is 10.8 Å². The number of hydrogen-bond donors (Lipinski definition) is 1. The zero-order valence-corrected chi connectivity index (χ0v) is 11.4. The van der Waals surface area contributed by atoms with Crippen LogP contribution in [-0.4, -0.2) is 12.1 Å². The molecule has 20 heavy (non-hydrogen) atoms. The molecule has 1 fully saturated rings. The van der Waals surface area contributed by atoms with Crippen LogP contribution in [0.1, 0.15) is 37.3 Å². The zero-order chi connectivity index (χ0) is 13.9. The van der Waals surface area contributed by atoms with Crippen LogP contribution in [0, 0.1) is 0 Å². The van der Waals surface area contributed by atoms with Crippen molar-refractivity contribution in [3.63, 3.8) is 0 Å². The molecule has 0 aromatic heterocycles. The first-order valence-electron chi connectivity index (χ1n) is 7.19. The van der Waals surface area contributed by atoms with Crippen molar-refractivity contribution < 1.29 is 9.53 Å². The monoisotopic (exact) mass is 269 g/mol. The minimum atomic E-state index is -0.694. The fourth-order valence-electron chi connectivity index (χ4n) is 2.78. The largest absolute Gasteiger partial charge is 0.461 e. The summed E-state index contributed by atoms with van der Waals surface area (Å²) < 4.78 is 5.48. The minimum Gasteiger partial charge on any atom is -0.461 e. The molecule has 0 radical (unpaired) electrons. The molecule has 3 rings (SSSR count). The van der Waals surface area contributed by atoms with Crippen molar-refractivity contribution in [2.24, 2.45) is 5.73 Å². The molecule has 0 heterocycles. The Labute approximate surface area is 118 Å². The fourth-order valence-corrected chi connectivity index (χ4v) is 2.78. The number of esters is 1. The predicted octanol–water partition coefficient (Wildman–Crippen LogP) is 3.33. The third kappa shape index (κ3) is 2.68. The zero-order valence-electron chi connectivity index (χ0n) is 11.4. The Morgan fingerprint density at radius 2 is 1.80 bits per heavy atom. The van der Waals surface area contributed by atoms with E-state index >= 15 is 0 Å². The summed E-state index contributed by atoms with van der Waals surface area (Å²) in [4.78, 5) is 12.1. The van der Waals surface area contributed by atoms with Crippen molar-refractivity contribution in [2.75, 3.05) is 0 Å². The molecule has 1 aliphatic rings. The van der Waals surface area contributed by atoms with Crippen LogP contribution in [0.2, 0.25) is 0 Å². The Hall–Kier alpha value is -1.87. The normalized spacial score (nSPS) is 17.2. The van der Waals surface area contributed by atoms with Gasteiger partial charge in [-0.1, -0.05) is 36.4 Å². The first-order chi connectivity index (χ1) is 9.74. The maximum absolute atomic E-state index is 12.1. The maximum Gasteiger partial charge on any atom is 0.327 e. The Bertz CT molecular complexity index is 617. The molecule has 0 saturated heterocycles. The van der Waals surface area contributed by atoms with Gasteiger partial charge in [0.1, 0.15) is 12.1 Å². The van der Waals surface area contributed by atoms with E-state index in [9.17, 15) is 4.79 Å². The fraction of sp³-hybridized carbons (Fsp3) is 0.353. The molecule has 3 heteroatoms. The highest BCUT2D eigenvalue weighted by Gasteiger charge is 2.24. The third-order valence-corrected chi connectivity index (χ3v) is 3.97. The molecular formula is C17H19NO2. The van der Waals surface area contributed by atoms with Crippen LogP contribution < -0.4 is 5.73 Å². The second-order valence-corrected chi connectivity index (χ2v) is 5.43. The highest BCUT2D eigenvalue weighted by molar-refractivity contribution is 5.85. The molecule has 0 spiro atoms. The summed E-state index contributed by atoms with van der Waals surface area (Å²) in [5, 5.41) is 2.24. The van der Waals surface area contributed by atoms with Crippen LogP contribution in [0.15, 0.2) is 42.5 Å². The topological polar surface area (TPSA) is 52.3 Å². The predicted molar refractivity (Wildman–Crippen MR) is 79.2 cm³/mol.